The summed E-state index contributed by atoms with van der Waals surface area (Å²) in [6.45, 7) is -1.61. The number of aliphatic imine (C=N–C) groups is 1. The molecular formula is C28H21ClF5N3O4S. The third-order valence-corrected chi connectivity index (χ3v) is 7.21. The highest BCUT2D eigenvalue weighted by Crippen LogP contribution is 2.42. The van der Waals surface area contributed by atoms with Crippen LogP contribution in [0.3, 0.4) is 0 Å². The summed E-state index contributed by atoms with van der Waals surface area (Å²) in [7, 11) is -3.53. The van der Waals surface area contributed by atoms with Gasteiger partial charge in [0.1, 0.15) is 17.1 Å². The maximum absolute atomic E-state index is 12.9. The van der Waals surface area contributed by atoms with Crippen molar-refractivity contribution < 1.29 is 39.5 Å². The molecule has 7 nitrogen and oxygen atoms in total. The van der Waals surface area contributed by atoms with Crippen LogP contribution >= 0.6 is 11.6 Å². The van der Waals surface area contributed by atoms with Crippen LogP contribution in [0, 0.1) is 6.92 Å². The summed E-state index contributed by atoms with van der Waals surface area (Å²) in [5.41, 5.74) is 5.56. The highest BCUT2D eigenvalue weighted by atomic mass is 35.5. The number of ether oxygens (including phenoxy) is 1. The molecule has 1 heterocycles. The number of nitrogens with two attached hydrogens (primary N) is 1. The summed E-state index contributed by atoms with van der Waals surface area (Å²) in [6.07, 6.45) is -2.24. The van der Waals surface area contributed by atoms with Gasteiger partial charge in [-0.3, -0.25) is 4.99 Å². The van der Waals surface area contributed by atoms with Crippen LogP contribution in [0.25, 0.3) is 33.7 Å². The molecule has 0 radical (unpaired) electrons. The van der Waals surface area contributed by atoms with Crippen molar-refractivity contribution in [3.05, 3.63) is 83.4 Å². The lowest BCUT2D eigenvalue weighted by Crippen LogP contribution is -2.19. The van der Waals surface area contributed by atoms with E-state index in [4.69, 9.17) is 21.8 Å². The van der Waals surface area contributed by atoms with Gasteiger partial charge in [0, 0.05) is 30.5 Å². The fourth-order valence-electron chi connectivity index (χ4n) is 3.85. The molecular weight excluding hydrogens is 605 g/mol. The van der Waals surface area contributed by atoms with Gasteiger partial charge in [0.15, 0.2) is 21.5 Å². The first-order chi connectivity index (χ1) is 19.6. The van der Waals surface area contributed by atoms with E-state index in [1.54, 1.807) is 24.3 Å². The van der Waals surface area contributed by atoms with Gasteiger partial charge in [0.2, 0.25) is 0 Å². The molecule has 0 aliphatic heterocycles. The molecule has 0 saturated carbocycles. The smallest absolute Gasteiger partial charge is 0.430 e. The van der Waals surface area contributed by atoms with Crippen LogP contribution in [0.1, 0.15) is 5.89 Å². The van der Waals surface area contributed by atoms with E-state index in [9.17, 15) is 30.4 Å². The number of sulfone groups is 1. The lowest BCUT2D eigenvalue weighted by atomic mass is 9.98. The molecule has 14 heteroatoms. The zero-order valence-corrected chi connectivity index (χ0v) is 23.4. The normalized spacial score (nSPS) is 12.8. The number of hydrogen-bond donors (Lipinski definition) is 1. The number of nitrogens with zero attached hydrogens (tertiary/aromatic N) is 2. The Hall–Kier alpha value is -4.23. The molecule has 2 N–H and O–H groups in total. The average Bonchev–Trinajstić information content (AvgIpc) is 3.30. The fourth-order valence-corrected chi connectivity index (χ4v) is 4.68. The van der Waals surface area contributed by atoms with Crippen molar-refractivity contribution in [2.75, 3.05) is 6.26 Å². The van der Waals surface area contributed by atoms with Crippen molar-refractivity contribution in [1.29, 1.82) is 0 Å². The third-order valence-electron chi connectivity index (χ3n) is 5.79. The molecule has 0 saturated heterocycles. The van der Waals surface area contributed by atoms with Crippen LogP contribution in [0.4, 0.5) is 27.6 Å². The van der Waals surface area contributed by atoms with Crippen molar-refractivity contribution in [2.24, 2.45) is 10.7 Å². The van der Waals surface area contributed by atoms with Gasteiger partial charge in [-0.05, 0) is 53.6 Å². The van der Waals surface area contributed by atoms with E-state index >= 15 is 0 Å². The summed E-state index contributed by atoms with van der Waals surface area (Å²) in [4.78, 5) is 8.58. The van der Waals surface area contributed by atoms with E-state index in [-0.39, 0.29) is 49.8 Å². The second-order valence-corrected chi connectivity index (χ2v) is 11.3. The molecule has 0 atom stereocenters. The predicted molar refractivity (Wildman–Crippen MR) is 149 cm³/mol. The van der Waals surface area contributed by atoms with E-state index in [2.05, 4.69) is 14.7 Å². The van der Waals surface area contributed by atoms with Crippen LogP contribution in [0.5, 0.6) is 5.75 Å². The Morgan fingerprint density at radius 3 is 2.43 bits per heavy atom. The van der Waals surface area contributed by atoms with Crippen molar-refractivity contribution in [1.82, 2.24) is 4.98 Å². The number of benzene rings is 3. The molecule has 220 valence electrons. The average molecular weight is 626 g/mol. The summed E-state index contributed by atoms with van der Waals surface area (Å²) in [6, 6.07) is 14.9. The Morgan fingerprint density at radius 2 is 1.76 bits per heavy atom. The highest BCUT2D eigenvalue weighted by molar-refractivity contribution is 7.90. The van der Waals surface area contributed by atoms with Crippen molar-refractivity contribution >= 4 is 33.3 Å². The van der Waals surface area contributed by atoms with E-state index in [0.29, 0.717) is 17.2 Å². The maximum atomic E-state index is 12.9. The van der Waals surface area contributed by atoms with Crippen LogP contribution in [-0.2, 0) is 9.84 Å². The Kier molecular flexibility index (Phi) is 8.73. The zero-order chi connectivity index (χ0) is 30.8. The number of allylic oxidation sites excluding steroid dienone is 2. The lowest BCUT2D eigenvalue weighted by molar-refractivity contribution is -0.0925. The number of hydrogen-bond acceptors (Lipinski definition) is 7. The minimum absolute atomic E-state index is 0.0698. The second-order valence-electron chi connectivity index (χ2n) is 8.86. The van der Waals surface area contributed by atoms with Gasteiger partial charge in [0.25, 0.3) is 0 Å². The van der Waals surface area contributed by atoms with Crippen molar-refractivity contribution in [3.8, 4) is 39.5 Å². The first-order valence-electron chi connectivity index (χ1n) is 11.9. The SMILES string of the molecule is Cc1nc(-c2ccc(Cl)c(OC(F)F)c2)c(-c2cc(-c3cccc(S(C)(=O)=O)c3)ccc2N=CC=C(N)C(F)(F)F)o1. The van der Waals surface area contributed by atoms with Crippen molar-refractivity contribution in [2.45, 2.75) is 24.6 Å². The standard InChI is InChI=1S/C28H21ClF5N3O4S/c1-15-37-25(18-6-8-21(29)23(14-18)41-27(30)31)26(40-15)20-13-17(16-4-3-5-19(12-16)42(2,38)39)7-9-22(20)36-11-10-24(35)28(32,33)34/h3-14,27H,35H2,1-2H3. The Labute approximate surface area is 242 Å². The number of alkyl halides is 5. The van der Waals surface area contributed by atoms with Gasteiger partial charge in [-0.25, -0.2) is 13.4 Å². The Morgan fingerprint density at radius 1 is 1.07 bits per heavy atom. The molecule has 42 heavy (non-hydrogen) atoms. The van der Waals surface area contributed by atoms with Crippen LogP contribution in [0.15, 0.2) is 86.7 Å². The highest BCUT2D eigenvalue weighted by Gasteiger charge is 2.30. The molecule has 0 spiro atoms. The van der Waals surface area contributed by atoms with E-state index in [0.717, 1.165) is 12.5 Å². The van der Waals surface area contributed by atoms with Gasteiger partial charge >= 0.3 is 12.8 Å². The molecule has 0 aliphatic carbocycles. The van der Waals surface area contributed by atoms with Gasteiger partial charge < -0.3 is 14.9 Å². The lowest BCUT2D eigenvalue weighted by Gasteiger charge is -2.11. The van der Waals surface area contributed by atoms with Gasteiger partial charge in [-0.15, -0.1) is 0 Å². The van der Waals surface area contributed by atoms with Gasteiger partial charge in [-0.1, -0.05) is 35.9 Å². The molecule has 0 fully saturated rings. The quantitative estimate of drug-likeness (QED) is 0.158. The topological polar surface area (TPSA) is 108 Å². The molecule has 1 aromatic heterocycles. The largest absolute Gasteiger partial charge is 0.440 e. The number of aryl methyl sites for hydroxylation is 1. The predicted octanol–water partition coefficient (Wildman–Crippen LogP) is 7.75. The Balaban J connectivity index is 1.92. The van der Waals surface area contributed by atoms with Crippen LogP contribution in [0.2, 0.25) is 5.02 Å². The van der Waals surface area contributed by atoms with Crippen molar-refractivity contribution in [3.63, 3.8) is 0 Å². The maximum Gasteiger partial charge on any atom is 0.430 e. The fraction of sp³-hybridized carbons (Fsp3) is 0.143. The summed E-state index contributed by atoms with van der Waals surface area (Å²) < 4.78 is 99.1. The molecule has 0 amide bonds. The van der Waals surface area contributed by atoms with E-state index in [1.165, 1.54) is 43.3 Å². The van der Waals surface area contributed by atoms with Crippen LogP contribution in [-0.4, -0.2) is 38.7 Å². The molecule has 0 bridgehead atoms. The molecule has 4 rings (SSSR count). The third kappa shape index (κ3) is 7.15. The number of aromatic nitrogens is 1. The molecule has 3 aromatic carbocycles. The van der Waals surface area contributed by atoms with Gasteiger partial charge in [0.05, 0.1) is 15.6 Å². The second kappa shape index (κ2) is 11.9. The van der Waals surface area contributed by atoms with E-state index in [1.807, 2.05) is 0 Å². The Bertz CT molecular complexity index is 1800. The minimum atomic E-state index is -4.76. The summed E-state index contributed by atoms with van der Waals surface area (Å²) in [5, 5.41) is -0.0760. The number of rotatable bonds is 8. The minimum Gasteiger partial charge on any atom is -0.440 e. The number of oxazole rings is 1. The number of halogens is 6. The molecule has 0 aliphatic rings. The molecule has 0 unspecified atom stereocenters. The van der Waals surface area contributed by atoms with Gasteiger partial charge in [-0.2, -0.15) is 22.0 Å². The molecule has 4 aromatic rings. The first-order valence-corrected chi connectivity index (χ1v) is 14.1. The summed E-state index contributed by atoms with van der Waals surface area (Å²) >= 11 is 6.00. The first kappa shape index (κ1) is 30.7. The van der Waals surface area contributed by atoms with Crippen LogP contribution < -0.4 is 10.5 Å². The van der Waals surface area contributed by atoms with E-state index < -0.39 is 28.3 Å². The monoisotopic (exact) mass is 625 g/mol. The zero-order valence-electron chi connectivity index (χ0n) is 21.8. The summed E-state index contributed by atoms with van der Waals surface area (Å²) in [5.74, 6) is -0.0427.